The molecule has 29 heavy (non-hydrogen) atoms. The third-order valence-corrected chi connectivity index (χ3v) is 5.26. The van der Waals surface area contributed by atoms with E-state index in [0.717, 1.165) is 17.0 Å². The van der Waals surface area contributed by atoms with Crippen LogP contribution >= 0.6 is 11.6 Å². The number of carbonyl (C=O) groups excluding carboxylic acids is 1. The van der Waals surface area contributed by atoms with Gasteiger partial charge in [-0.3, -0.25) is 4.79 Å². The van der Waals surface area contributed by atoms with Crippen molar-refractivity contribution in [2.24, 2.45) is 0 Å². The first-order chi connectivity index (χ1) is 14.2. The molecule has 4 aromatic rings. The summed E-state index contributed by atoms with van der Waals surface area (Å²) >= 11 is 5.96. The lowest BCUT2D eigenvalue weighted by molar-refractivity contribution is 0.0590. The van der Waals surface area contributed by atoms with Crippen LogP contribution in [-0.2, 0) is 13.0 Å². The molecule has 1 amide bonds. The van der Waals surface area contributed by atoms with Crippen LogP contribution in [0.3, 0.4) is 0 Å². The second-order valence-corrected chi connectivity index (χ2v) is 7.25. The maximum Gasteiger partial charge on any atom is 0.254 e. The Hall–Kier alpha value is -3.45. The van der Waals surface area contributed by atoms with Crippen LogP contribution in [0.4, 0.5) is 0 Å². The fourth-order valence-corrected chi connectivity index (χ4v) is 3.63. The molecular formula is C21H16ClN5O2. The molecule has 144 valence electrons. The molecule has 1 N–H and O–H groups in total. The number of benzene rings is 2. The molecule has 0 aliphatic carbocycles. The van der Waals surface area contributed by atoms with E-state index in [-0.39, 0.29) is 5.91 Å². The van der Waals surface area contributed by atoms with E-state index >= 15 is 0 Å². The molecule has 0 saturated heterocycles. The fourth-order valence-electron chi connectivity index (χ4n) is 3.50. The van der Waals surface area contributed by atoms with Gasteiger partial charge in [0.2, 0.25) is 11.7 Å². The van der Waals surface area contributed by atoms with Crippen LogP contribution < -0.4 is 0 Å². The van der Waals surface area contributed by atoms with Crippen LogP contribution in [0.25, 0.3) is 11.4 Å². The lowest BCUT2D eigenvalue weighted by Gasteiger charge is -2.32. The van der Waals surface area contributed by atoms with Crippen LogP contribution in [0.2, 0.25) is 5.02 Å². The van der Waals surface area contributed by atoms with Crippen molar-refractivity contribution in [3.05, 3.63) is 88.8 Å². The van der Waals surface area contributed by atoms with Crippen LogP contribution in [0.5, 0.6) is 0 Å². The van der Waals surface area contributed by atoms with Gasteiger partial charge in [-0.1, -0.05) is 35.0 Å². The molecule has 0 spiro atoms. The van der Waals surface area contributed by atoms with E-state index in [1.54, 1.807) is 35.5 Å². The molecule has 2 aromatic heterocycles. The molecule has 0 radical (unpaired) electrons. The van der Waals surface area contributed by atoms with Gasteiger partial charge in [0.25, 0.3) is 5.91 Å². The van der Waals surface area contributed by atoms with E-state index in [9.17, 15) is 4.79 Å². The molecule has 1 aliphatic rings. The molecule has 7 nitrogen and oxygen atoms in total. The quantitative estimate of drug-likeness (QED) is 0.555. The number of nitrogens with zero attached hydrogens (tertiary/aromatic N) is 4. The summed E-state index contributed by atoms with van der Waals surface area (Å²) in [4.78, 5) is 27.0. The molecule has 2 aromatic carbocycles. The van der Waals surface area contributed by atoms with Crippen LogP contribution in [0.15, 0.2) is 65.4 Å². The highest BCUT2D eigenvalue weighted by molar-refractivity contribution is 6.30. The van der Waals surface area contributed by atoms with Gasteiger partial charge in [0, 0.05) is 22.6 Å². The van der Waals surface area contributed by atoms with Crippen molar-refractivity contribution in [2.75, 3.05) is 0 Å². The summed E-state index contributed by atoms with van der Waals surface area (Å²) < 4.78 is 5.57. The lowest BCUT2D eigenvalue weighted by atomic mass is 10.0. The third kappa shape index (κ3) is 3.30. The van der Waals surface area contributed by atoms with Crippen molar-refractivity contribution in [3.63, 3.8) is 0 Å². The molecular weight excluding hydrogens is 390 g/mol. The summed E-state index contributed by atoms with van der Waals surface area (Å²) in [6, 6.07) is 16.0. The Bertz CT molecular complexity index is 1150. The highest BCUT2D eigenvalue weighted by Gasteiger charge is 2.36. The van der Waals surface area contributed by atoms with Gasteiger partial charge < -0.3 is 14.4 Å². The first-order valence-corrected chi connectivity index (χ1v) is 9.53. The molecule has 3 heterocycles. The first-order valence-electron chi connectivity index (χ1n) is 9.16. The van der Waals surface area contributed by atoms with Gasteiger partial charge in [-0.15, -0.1) is 0 Å². The summed E-state index contributed by atoms with van der Waals surface area (Å²) in [7, 11) is 0. The summed E-state index contributed by atoms with van der Waals surface area (Å²) in [6.07, 6.45) is 2.14. The van der Waals surface area contributed by atoms with E-state index in [1.165, 1.54) is 0 Å². The average Bonchev–Trinajstić information content (AvgIpc) is 3.43. The topological polar surface area (TPSA) is 87.9 Å². The minimum atomic E-state index is -0.396. The van der Waals surface area contributed by atoms with E-state index in [0.29, 0.717) is 35.3 Å². The molecule has 1 aliphatic heterocycles. The van der Waals surface area contributed by atoms with Crippen molar-refractivity contribution in [3.8, 4) is 11.4 Å². The van der Waals surface area contributed by atoms with Gasteiger partial charge >= 0.3 is 0 Å². The predicted molar refractivity (Wildman–Crippen MR) is 106 cm³/mol. The van der Waals surface area contributed by atoms with Crippen LogP contribution in [0, 0.1) is 0 Å². The van der Waals surface area contributed by atoms with Gasteiger partial charge in [0.1, 0.15) is 6.04 Å². The highest BCUT2D eigenvalue weighted by Crippen LogP contribution is 2.33. The lowest BCUT2D eigenvalue weighted by Crippen LogP contribution is -2.39. The third-order valence-electron chi connectivity index (χ3n) is 5.01. The van der Waals surface area contributed by atoms with Crippen molar-refractivity contribution < 1.29 is 9.32 Å². The number of amides is 1. The minimum Gasteiger partial charge on any atom is -0.347 e. The molecule has 5 rings (SSSR count). The average molecular weight is 406 g/mol. The highest BCUT2D eigenvalue weighted by atomic mass is 35.5. The number of carbonyl (C=O) groups is 1. The van der Waals surface area contributed by atoms with E-state index < -0.39 is 6.04 Å². The maximum absolute atomic E-state index is 13.2. The van der Waals surface area contributed by atoms with E-state index in [1.807, 2.05) is 30.3 Å². The summed E-state index contributed by atoms with van der Waals surface area (Å²) in [5.41, 5.74) is 3.22. The molecule has 1 unspecified atom stereocenters. The normalized spacial score (nSPS) is 15.9. The molecule has 0 bridgehead atoms. The van der Waals surface area contributed by atoms with Gasteiger partial charge in [-0.05, 0) is 36.4 Å². The fraction of sp³-hybridized carbons (Fsp3) is 0.143. The van der Waals surface area contributed by atoms with Crippen molar-refractivity contribution >= 4 is 17.5 Å². The van der Waals surface area contributed by atoms with E-state index in [2.05, 4.69) is 20.1 Å². The zero-order valence-electron chi connectivity index (χ0n) is 15.2. The first kappa shape index (κ1) is 17.6. The smallest absolute Gasteiger partial charge is 0.254 e. The second kappa shape index (κ2) is 7.18. The number of halogens is 1. The Balaban J connectivity index is 1.51. The SMILES string of the molecule is O=C(c1ccccc1)N1Cc2[nH]cnc2CC1c1nc(-c2ccc(Cl)cc2)no1. The standard InChI is InChI=1S/C21H16ClN5O2/c22-15-8-6-13(7-9-15)19-25-20(29-26-19)18-10-16-17(24-12-23-16)11-27(18)21(28)14-4-2-1-3-5-14/h1-9,12,18H,10-11H2,(H,23,24). The zero-order chi connectivity index (χ0) is 19.8. The van der Waals surface area contributed by atoms with Crippen LogP contribution in [-0.4, -0.2) is 30.9 Å². The number of hydrogen-bond donors (Lipinski definition) is 1. The molecule has 1 atom stereocenters. The number of rotatable bonds is 3. The summed E-state index contributed by atoms with van der Waals surface area (Å²) in [6.45, 7) is 0.395. The monoisotopic (exact) mass is 405 g/mol. The second-order valence-electron chi connectivity index (χ2n) is 6.81. The van der Waals surface area contributed by atoms with Crippen LogP contribution in [0.1, 0.15) is 33.7 Å². The van der Waals surface area contributed by atoms with Crippen molar-refractivity contribution in [1.29, 1.82) is 0 Å². The number of aromatic amines is 1. The number of fused-ring (bicyclic) bond motifs is 1. The summed E-state index contributed by atoms with van der Waals surface area (Å²) in [5.74, 6) is 0.742. The Labute approximate surface area is 171 Å². The number of nitrogens with one attached hydrogen (secondary N) is 1. The van der Waals surface area contributed by atoms with Crippen molar-refractivity contribution in [2.45, 2.75) is 19.0 Å². The molecule has 0 fully saturated rings. The van der Waals surface area contributed by atoms with E-state index in [4.69, 9.17) is 16.1 Å². The number of imidazole rings is 1. The maximum atomic E-state index is 13.2. The van der Waals surface area contributed by atoms with Gasteiger partial charge in [0.15, 0.2) is 0 Å². The van der Waals surface area contributed by atoms with Crippen molar-refractivity contribution in [1.82, 2.24) is 25.0 Å². The number of H-pyrrole nitrogens is 1. The zero-order valence-corrected chi connectivity index (χ0v) is 16.0. The Morgan fingerprint density at radius 1 is 1.14 bits per heavy atom. The Morgan fingerprint density at radius 2 is 1.93 bits per heavy atom. The van der Waals surface area contributed by atoms with Gasteiger partial charge in [0.05, 0.1) is 24.3 Å². The minimum absolute atomic E-state index is 0.0953. The van der Waals surface area contributed by atoms with Gasteiger partial charge in [-0.25, -0.2) is 4.98 Å². The summed E-state index contributed by atoms with van der Waals surface area (Å²) in [5, 5.41) is 4.74. The largest absolute Gasteiger partial charge is 0.347 e. The predicted octanol–water partition coefficient (Wildman–Crippen LogP) is 4.05. The Kier molecular flexibility index (Phi) is 4.37. The Morgan fingerprint density at radius 3 is 2.72 bits per heavy atom. The molecule has 8 heteroatoms. The number of hydrogen-bond acceptors (Lipinski definition) is 5. The molecule has 0 saturated carbocycles. The number of aromatic nitrogens is 4. The van der Waals surface area contributed by atoms with Gasteiger partial charge in [-0.2, -0.15) is 4.98 Å².